The van der Waals surface area contributed by atoms with Gasteiger partial charge in [-0.15, -0.1) is 0 Å². The van der Waals surface area contributed by atoms with Crippen molar-refractivity contribution in [2.45, 2.75) is 31.7 Å². The summed E-state index contributed by atoms with van der Waals surface area (Å²) in [5.41, 5.74) is 0.416. The minimum atomic E-state index is -0.0693. The normalized spacial score (nSPS) is 24.0. The highest BCUT2D eigenvalue weighted by molar-refractivity contribution is 6.30. The van der Waals surface area contributed by atoms with Gasteiger partial charge in [-0.3, -0.25) is 9.59 Å². The third kappa shape index (κ3) is 4.24. The van der Waals surface area contributed by atoms with E-state index in [9.17, 15) is 9.59 Å². The second-order valence-corrected chi connectivity index (χ2v) is 6.95. The molecule has 0 spiro atoms. The number of hydrogen-bond donors (Lipinski definition) is 2. The first-order valence-electron chi connectivity index (χ1n) is 8.55. The maximum Gasteiger partial charge on any atom is 0.272 e. The summed E-state index contributed by atoms with van der Waals surface area (Å²) in [7, 11) is 0. The molecule has 130 valence electrons. The fourth-order valence-corrected chi connectivity index (χ4v) is 3.47. The zero-order chi connectivity index (χ0) is 16.9. The van der Waals surface area contributed by atoms with Crippen LogP contribution in [0.15, 0.2) is 18.3 Å². The molecule has 3 heterocycles. The Hall–Kier alpha value is -1.66. The Balaban J connectivity index is 1.51. The van der Waals surface area contributed by atoms with Crippen LogP contribution in [0.5, 0.6) is 0 Å². The van der Waals surface area contributed by atoms with Gasteiger partial charge in [-0.2, -0.15) is 0 Å². The molecular weight excluding hydrogens is 328 g/mol. The number of piperidine rings is 1. The van der Waals surface area contributed by atoms with Crippen molar-refractivity contribution in [2.24, 2.45) is 5.92 Å². The summed E-state index contributed by atoms with van der Waals surface area (Å²) >= 11 is 5.82. The molecule has 0 saturated carbocycles. The Morgan fingerprint density at radius 2 is 2.21 bits per heavy atom. The highest BCUT2D eigenvalue weighted by Crippen LogP contribution is 2.18. The fraction of sp³-hybridized carbons (Fsp3) is 0.588. The number of rotatable bonds is 4. The van der Waals surface area contributed by atoms with Crippen LogP contribution in [0.4, 0.5) is 0 Å². The summed E-state index contributed by atoms with van der Waals surface area (Å²) in [5.74, 6) is 0.302. The molecule has 6 nitrogen and oxygen atoms in total. The lowest BCUT2D eigenvalue weighted by atomic mass is 9.97. The monoisotopic (exact) mass is 350 g/mol. The lowest BCUT2D eigenvalue weighted by molar-refractivity contribution is -0.123. The summed E-state index contributed by atoms with van der Waals surface area (Å²) in [6.07, 6.45) is 5.42. The molecule has 2 saturated heterocycles. The van der Waals surface area contributed by atoms with Crippen LogP contribution in [-0.2, 0) is 4.79 Å². The number of aromatic nitrogens is 1. The van der Waals surface area contributed by atoms with Crippen molar-refractivity contribution in [1.82, 2.24) is 20.5 Å². The van der Waals surface area contributed by atoms with Gasteiger partial charge in [0.05, 0.1) is 11.1 Å². The van der Waals surface area contributed by atoms with Gasteiger partial charge in [0.25, 0.3) is 5.91 Å². The van der Waals surface area contributed by atoms with Crippen molar-refractivity contribution in [1.29, 1.82) is 0 Å². The molecule has 2 unspecified atom stereocenters. The summed E-state index contributed by atoms with van der Waals surface area (Å²) in [6, 6.07) is 3.28. The number of hydrogen-bond acceptors (Lipinski definition) is 4. The molecule has 0 aliphatic carbocycles. The van der Waals surface area contributed by atoms with E-state index in [0.29, 0.717) is 29.7 Å². The van der Waals surface area contributed by atoms with Crippen molar-refractivity contribution >= 4 is 23.4 Å². The number of pyridine rings is 1. The Bertz CT molecular complexity index is 587. The van der Waals surface area contributed by atoms with Gasteiger partial charge in [-0.1, -0.05) is 11.6 Å². The molecule has 7 heteroatoms. The molecule has 2 fully saturated rings. The second kappa shape index (κ2) is 7.94. The van der Waals surface area contributed by atoms with Crippen LogP contribution in [0.3, 0.4) is 0 Å². The van der Waals surface area contributed by atoms with Crippen molar-refractivity contribution in [2.75, 3.05) is 26.2 Å². The summed E-state index contributed by atoms with van der Waals surface area (Å²) in [4.78, 5) is 30.5. The molecule has 2 N–H and O–H groups in total. The average Bonchev–Trinajstić information content (AvgIpc) is 3.15. The Morgan fingerprint density at radius 3 is 2.92 bits per heavy atom. The SMILES string of the molecule is O=C(NCC1CCCN(C(=O)c2ccc(Cl)cn2)C1)C1CCCN1. The predicted molar refractivity (Wildman–Crippen MR) is 91.9 cm³/mol. The van der Waals surface area contributed by atoms with Crippen LogP contribution in [0.1, 0.15) is 36.2 Å². The van der Waals surface area contributed by atoms with Crippen LogP contribution >= 0.6 is 11.6 Å². The molecule has 24 heavy (non-hydrogen) atoms. The van der Waals surface area contributed by atoms with Crippen molar-refractivity contribution in [3.05, 3.63) is 29.0 Å². The highest BCUT2D eigenvalue weighted by Gasteiger charge is 2.27. The third-order valence-corrected chi connectivity index (χ3v) is 4.92. The zero-order valence-corrected chi connectivity index (χ0v) is 14.4. The Kier molecular flexibility index (Phi) is 5.68. The van der Waals surface area contributed by atoms with Gasteiger partial charge in [0.1, 0.15) is 5.69 Å². The van der Waals surface area contributed by atoms with Gasteiger partial charge < -0.3 is 15.5 Å². The minimum absolute atomic E-state index is 0.0513. The van der Waals surface area contributed by atoms with Gasteiger partial charge in [0.2, 0.25) is 5.91 Å². The number of carbonyl (C=O) groups excluding carboxylic acids is 2. The lowest BCUT2D eigenvalue weighted by Gasteiger charge is -2.32. The molecule has 2 aliphatic heterocycles. The zero-order valence-electron chi connectivity index (χ0n) is 13.6. The van der Waals surface area contributed by atoms with Gasteiger partial charge >= 0.3 is 0 Å². The molecule has 0 aromatic carbocycles. The average molecular weight is 351 g/mol. The molecule has 3 rings (SSSR count). The number of carbonyl (C=O) groups is 2. The van der Waals surface area contributed by atoms with E-state index >= 15 is 0 Å². The van der Waals surface area contributed by atoms with Gasteiger partial charge in [-0.05, 0) is 50.3 Å². The smallest absolute Gasteiger partial charge is 0.272 e. The van der Waals surface area contributed by atoms with Crippen molar-refractivity contribution < 1.29 is 9.59 Å². The van der Waals surface area contributed by atoms with E-state index in [4.69, 9.17) is 11.6 Å². The molecule has 2 amide bonds. The molecular formula is C17H23ClN4O2. The van der Waals surface area contributed by atoms with Crippen LogP contribution in [0.2, 0.25) is 5.02 Å². The van der Waals surface area contributed by atoms with E-state index in [1.165, 1.54) is 6.20 Å². The van der Waals surface area contributed by atoms with E-state index in [0.717, 1.165) is 38.8 Å². The fourth-order valence-electron chi connectivity index (χ4n) is 3.36. The largest absolute Gasteiger partial charge is 0.354 e. The molecule has 2 aliphatic rings. The first-order valence-corrected chi connectivity index (χ1v) is 8.93. The summed E-state index contributed by atoms with van der Waals surface area (Å²) in [5, 5.41) is 6.75. The van der Waals surface area contributed by atoms with Crippen LogP contribution < -0.4 is 10.6 Å². The van der Waals surface area contributed by atoms with Crippen LogP contribution in [0, 0.1) is 5.92 Å². The number of likely N-dealkylation sites (tertiary alicyclic amines) is 1. The quantitative estimate of drug-likeness (QED) is 0.862. The Morgan fingerprint density at radius 1 is 1.33 bits per heavy atom. The maximum absolute atomic E-state index is 12.5. The van der Waals surface area contributed by atoms with Crippen LogP contribution in [-0.4, -0.2) is 53.9 Å². The van der Waals surface area contributed by atoms with Gasteiger partial charge in [0.15, 0.2) is 0 Å². The highest BCUT2D eigenvalue weighted by atomic mass is 35.5. The van der Waals surface area contributed by atoms with E-state index in [2.05, 4.69) is 15.6 Å². The first-order chi connectivity index (χ1) is 11.6. The van der Waals surface area contributed by atoms with Crippen molar-refractivity contribution in [3.63, 3.8) is 0 Å². The van der Waals surface area contributed by atoms with E-state index in [1.54, 1.807) is 12.1 Å². The molecule has 1 aromatic rings. The van der Waals surface area contributed by atoms with Crippen molar-refractivity contribution in [3.8, 4) is 0 Å². The molecule has 0 radical (unpaired) electrons. The van der Waals surface area contributed by atoms with E-state index in [-0.39, 0.29) is 17.9 Å². The predicted octanol–water partition coefficient (Wildman–Crippen LogP) is 1.46. The summed E-state index contributed by atoms with van der Waals surface area (Å²) in [6.45, 7) is 2.92. The maximum atomic E-state index is 12.5. The summed E-state index contributed by atoms with van der Waals surface area (Å²) < 4.78 is 0. The number of amides is 2. The van der Waals surface area contributed by atoms with Gasteiger partial charge in [-0.25, -0.2) is 4.98 Å². The molecule has 0 bridgehead atoms. The Labute approximate surface area is 147 Å². The second-order valence-electron chi connectivity index (χ2n) is 6.52. The molecule has 2 atom stereocenters. The standard InChI is InChI=1S/C17H23ClN4O2/c18-13-5-6-15(20-10-13)17(24)22-8-2-3-12(11-22)9-21-16(23)14-4-1-7-19-14/h5-6,10,12,14,19H,1-4,7-9,11H2,(H,21,23). The molecule has 1 aromatic heterocycles. The number of nitrogens with one attached hydrogen (secondary N) is 2. The van der Waals surface area contributed by atoms with Crippen LogP contribution in [0.25, 0.3) is 0 Å². The third-order valence-electron chi connectivity index (χ3n) is 4.69. The topological polar surface area (TPSA) is 74.3 Å². The lowest BCUT2D eigenvalue weighted by Crippen LogP contribution is -2.46. The minimum Gasteiger partial charge on any atom is -0.354 e. The van der Waals surface area contributed by atoms with Gasteiger partial charge in [0, 0.05) is 25.8 Å². The number of nitrogens with zero attached hydrogens (tertiary/aromatic N) is 2. The first kappa shape index (κ1) is 17.2. The van der Waals surface area contributed by atoms with E-state index in [1.807, 2.05) is 4.90 Å². The number of halogens is 1. The van der Waals surface area contributed by atoms with E-state index < -0.39 is 0 Å².